The molecule has 4 rings (SSSR count). The van der Waals surface area contributed by atoms with E-state index < -0.39 is 28.5 Å². The summed E-state index contributed by atoms with van der Waals surface area (Å²) in [6.45, 7) is 5.32. The number of carbonyl (C=O) groups excluding carboxylic acids is 2. The van der Waals surface area contributed by atoms with E-state index in [0.29, 0.717) is 17.1 Å². The zero-order valence-corrected chi connectivity index (χ0v) is 28.0. The summed E-state index contributed by atoms with van der Waals surface area (Å²) in [5.74, 6) is -0.858. The zero-order chi connectivity index (χ0) is 31.9. The van der Waals surface area contributed by atoms with Crippen LogP contribution in [0.1, 0.15) is 29.2 Å². The van der Waals surface area contributed by atoms with Crippen molar-refractivity contribution in [3.63, 3.8) is 0 Å². The maximum atomic E-state index is 14.5. The maximum absolute atomic E-state index is 14.5. The Labute approximate surface area is 273 Å². The standard InChI is InChI=1S/C34H35BrClN3O4S/c1-4-37-34(41)32(21-26-9-6-5-7-10-26)38(22-27-15-17-28(35)18-16-27)33(40)23-39(31-12-8-11-30(36)25(31)3)44(42,43)29-19-13-24(2)14-20-29/h5-20,32H,4,21-23H2,1-3H3,(H,37,41). The lowest BCUT2D eigenvalue weighted by Gasteiger charge is -2.34. The molecule has 1 atom stereocenters. The smallest absolute Gasteiger partial charge is 0.264 e. The first kappa shape index (κ1) is 33.2. The molecule has 0 radical (unpaired) electrons. The van der Waals surface area contributed by atoms with Gasteiger partial charge in [0.25, 0.3) is 10.0 Å². The molecule has 4 aromatic rings. The Kier molecular flexibility index (Phi) is 11.2. The highest BCUT2D eigenvalue weighted by molar-refractivity contribution is 9.10. The average Bonchev–Trinajstić information content (AvgIpc) is 3.01. The van der Waals surface area contributed by atoms with Crippen molar-refractivity contribution in [3.8, 4) is 0 Å². The fraction of sp³-hybridized carbons (Fsp3) is 0.235. The Hall–Kier alpha value is -3.66. The predicted molar refractivity (Wildman–Crippen MR) is 179 cm³/mol. The van der Waals surface area contributed by atoms with Gasteiger partial charge in [0.1, 0.15) is 12.6 Å². The van der Waals surface area contributed by atoms with Gasteiger partial charge in [-0.1, -0.05) is 93.8 Å². The Morgan fingerprint density at radius 2 is 1.52 bits per heavy atom. The SMILES string of the molecule is CCNC(=O)C(Cc1ccccc1)N(Cc1ccc(Br)cc1)C(=O)CN(c1cccc(Cl)c1C)S(=O)(=O)c1ccc(C)cc1. The summed E-state index contributed by atoms with van der Waals surface area (Å²) in [5.41, 5.74) is 3.36. The number of halogens is 2. The minimum atomic E-state index is -4.21. The normalized spacial score (nSPS) is 11.9. The quantitative estimate of drug-likeness (QED) is 0.179. The van der Waals surface area contributed by atoms with Crippen molar-refractivity contribution in [2.24, 2.45) is 0 Å². The van der Waals surface area contributed by atoms with Crippen LogP contribution in [0.3, 0.4) is 0 Å². The number of rotatable bonds is 12. The summed E-state index contributed by atoms with van der Waals surface area (Å²) in [5, 5.41) is 3.24. The number of aryl methyl sites for hydroxylation is 1. The van der Waals surface area contributed by atoms with Crippen LogP contribution in [0.15, 0.2) is 106 Å². The molecule has 230 valence electrons. The molecule has 44 heavy (non-hydrogen) atoms. The fourth-order valence-electron chi connectivity index (χ4n) is 4.85. The molecule has 2 amide bonds. The van der Waals surface area contributed by atoms with Crippen molar-refractivity contribution >= 4 is 55.1 Å². The molecule has 0 fully saturated rings. The van der Waals surface area contributed by atoms with Gasteiger partial charge in [-0.15, -0.1) is 0 Å². The van der Waals surface area contributed by atoms with Crippen LogP contribution < -0.4 is 9.62 Å². The van der Waals surface area contributed by atoms with Gasteiger partial charge >= 0.3 is 0 Å². The number of anilines is 1. The van der Waals surface area contributed by atoms with E-state index in [2.05, 4.69) is 21.2 Å². The van der Waals surface area contributed by atoms with E-state index >= 15 is 0 Å². The monoisotopic (exact) mass is 695 g/mol. The van der Waals surface area contributed by atoms with Gasteiger partial charge < -0.3 is 10.2 Å². The molecule has 0 aliphatic carbocycles. The van der Waals surface area contributed by atoms with Gasteiger partial charge in [-0.3, -0.25) is 13.9 Å². The van der Waals surface area contributed by atoms with Crippen LogP contribution in [0, 0.1) is 13.8 Å². The van der Waals surface area contributed by atoms with Crippen molar-refractivity contribution in [1.82, 2.24) is 10.2 Å². The van der Waals surface area contributed by atoms with E-state index in [1.54, 1.807) is 37.3 Å². The number of benzene rings is 4. The number of hydrogen-bond acceptors (Lipinski definition) is 4. The third kappa shape index (κ3) is 8.08. The first-order valence-electron chi connectivity index (χ1n) is 14.2. The van der Waals surface area contributed by atoms with Gasteiger partial charge in [0, 0.05) is 29.0 Å². The lowest BCUT2D eigenvalue weighted by atomic mass is 10.0. The molecule has 0 bridgehead atoms. The second kappa shape index (κ2) is 14.9. The summed E-state index contributed by atoms with van der Waals surface area (Å²) in [7, 11) is -4.21. The molecule has 0 saturated carbocycles. The van der Waals surface area contributed by atoms with Crippen LogP contribution in [0.4, 0.5) is 5.69 Å². The van der Waals surface area contributed by atoms with Gasteiger partial charge in [0.05, 0.1) is 10.6 Å². The highest BCUT2D eigenvalue weighted by Gasteiger charge is 2.35. The highest BCUT2D eigenvalue weighted by atomic mass is 79.9. The Balaban J connectivity index is 1.82. The van der Waals surface area contributed by atoms with Gasteiger partial charge in [-0.05, 0) is 73.9 Å². The third-order valence-corrected chi connectivity index (χ3v) is 10.00. The van der Waals surface area contributed by atoms with E-state index in [1.807, 2.05) is 68.4 Å². The van der Waals surface area contributed by atoms with Crippen molar-refractivity contribution in [1.29, 1.82) is 0 Å². The van der Waals surface area contributed by atoms with E-state index in [9.17, 15) is 18.0 Å². The molecule has 1 unspecified atom stereocenters. The Bertz CT molecular complexity index is 1700. The summed E-state index contributed by atoms with van der Waals surface area (Å²) in [6, 6.07) is 27.4. The Morgan fingerprint density at radius 1 is 0.864 bits per heavy atom. The lowest BCUT2D eigenvalue weighted by Crippen LogP contribution is -2.53. The third-order valence-electron chi connectivity index (χ3n) is 7.28. The number of nitrogens with zero attached hydrogens (tertiary/aromatic N) is 2. The van der Waals surface area contributed by atoms with Crippen LogP contribution in [-0.4, -0.2) is 44.3 Å². The van der Waals surface area contributed by atoms with Crippen molar-refractivity contribution in [2.45, 2.75) is 44.7 Å². The molecule has 0 aromatic heterocycles. The molecule has 0 aliphatic rings. The van der Waals surface area contributed by atoms with Crippen LogP contribution in [0.2, 0.25) is 5.02 Å². The van der Waals surface area contributed by atoms with Crippen LogP contribution in [0.25, 0.3) is 0 Å². The van der Waals surface area contributed by atoms with Gasteiger partial charge in [0.15, 0.2) is 0 Å². The molecule has 0 spiro atoms. The molecular formula is C34H35BrClN3O4S. The molecule has 0 heterocycles. The predicted octanol–water partition coefficient (Wildman–Crippen LogP) is 6.69. The van der Waals surface area contributed by atoms with E-state index in [-0.39, 0.29) is 29.5 Å². The largest absolute Gasteiger partial charge is 0.355 e. The second-order valence-electron chi connectivity index (χ2n) is 10.5. The summed E-state index contributed by atoms with van der Waals surface area (Å²) in [6.07, 6.45) is 0.246. The summed E-state index contributed by atoms with van der Waals surface area (Å²) >= 11 is 9.89. The first-order chi connectivity index (χ1) is 21.0. The lowest BCUT2D eigenvalue weighted by molar-refractivity contribution is -0.140. The molecule has 0 saturated heterocycles. The maximum Gasteiger partial charge on any atom is 0.264 e. The minimum Gasteiger partial charge on any atom is -0.355 e. The molecule has 4 aromatic carbocycles. The zero-order valence-electron chi connectivity index (χ0n) is 24.8. The number of nitrogens with one attached hydrogen (secondary N) is 1. The highest BCUT2D eigenvalue weighted by Crippen LogP contribution is 2.31. The number of amides is 2. The molecule has 7 nitrogen and oxygen atoms in total. The number of likely N-dealkylation sites (N-methyl/N-ethyl adjacent to an activating group) is 1. The van der Waals surface area contributed by atoms with Gasteiger partial charge in [0.2, 0.25) is 11.8 Å². The van der Waals surface area contributed by atoms with Crippen molar-refractivity contribution in [3.05, 3.63) is 129 Å². The first-order valence-corrected chi connectivity index (χ1v) is 16.8. The number of carbonyl (C=O) groups is 2. The topological polar surface area (TPSA) is 86.8 Å². The van der Waals surface area contributed by atoms with Gasteiger partial charge in [-0.2, -0.15) is 0 Å². The van der Waals surface area contributed by atoms with E-state index in [1.165, 1.54) is 17.0 Å². The number of hydrogen-bond donors (Lipinski definition) is 1. The minimum absolute atomic E-state index is 0.0410. The van der Waals surface area contributed by atoms with Crippen LogP contribution >= 0.6 is 27.5 Å². The van der Waals surface area contributed by atoms with Crippen LogP contribution in [0.5, 0.6) is 0 Å². The Morgan fingerprint density at radius 3 is 2.16 bits per heavy atom. The molecule has 1 N–H and O–H groups in total. The van der Waals surface area contributed by atoms with E-state index in [4.69, 9.17) is 11.6 Å². The summed E-state index contributed by atoms with van der Waals surface area (Å²) in [4.78, 5) is 29.6. The van der Waals surface area contributed by atoms with E-state index in [0.717, 1.165) is 25.5 Å². The number of sulfonamides is 1. The molecule has 10 heteroatoms. The van der Waals surface area contributed by atoms with Crippen molar-refractivity contribution < 1.29 is 18.0 Å². The van der Waals surface area contributed by atoms with Crippen LogP contribution in [-0.2, 0) is 32.6 Å². The summed E-state index contributed by atoms with van der Waals surface area (Å²) < 4.78 is 30.3. The average molecular weight is 697 g/mol. The molecular weight excluding hydrogens is 662 g/mol. The molecule has 0 aliphatic heterocycles. The van der Waals surface area contributed by atoms with Gasteiger partial charge in [-0.25, -0.2) is 8.42 Å². The fourth-order valence-corrected chi connectivity index (χ4v) is 6.76. The second-order valence-corrected chi connectivity index (χ2v) is 13.6. The van der Waals surface area contributed by atoms with Crippen molar-refractivity contribution in [2.75, 3.05) is 17.4 Å².